The lowest BCUT2D eigenvalue weighted by Crippen LogP contribution is -2.43. The Bertz CT molecular complexity index is 694. The molecule has 1 unspecified atom stereocenters. The molecule has 0 N–H and O–H groups in total. The summed E-state index contributed by atoms with van der Waals surface area (Å²) in [5.41, 5.74) is 2.53. The molecule has 2 aliphatic heterocycles. The quantitative estimate of drug-likeness (QED) is 0.471. The molecule has 2 heterocycles. The molecule has 3 rings (SSSR count). The molecule has 5 nitrogen and oxygen atoms in total. The van der Waals surface area contributed by atoms with Crippen molar-refractivity contribution >= 4 is 28.8 Å². The van der Waals surface area contributed by atoms with E-state index < -0.39 is 12.0 Å². The monoisotopic (exact) mass is 390 g/mol. The fraction of sp³-hybridized carbons (Fsp3) is 0.619. The van der Waals surface area contributed by atoms with Crippen molar-refractivity contribution < 1.29 is 14.3 Å². The second kappa shape index (κ2) is 9.22. The van der Waals surface area contributed by atoms with E-state index in [1.54, 1.807) is 14.0 Å². The molecule has 0 spiro atoms. The molecule has 0 saturated carbocycles. The Morgan fingerprint density at radius 1 is 1.41 bits per heavy atom. The van der Waals surface area contributed by atoms with E-state index >= 15 is 0 Å². The molecule has 1 saturated heterocycles. The van der Waals surface area contributed by atoms with Crippen LogP contribution in [0, 0.1) is 0 Å². The highest BCUT2D eigenvalue weighted by molar-refractivity contribution is 8.14. The van der Waals surface area contributed by atoms with Crippen LogP contribution < -0.4 is 4.90 Å². The Kier molecular flexibility index (Phi) is 6.95. The van der Waals surface area contributed by atoms with Crippen LogP contribution in [0.5, 0.6) is 0 Å². The van der Waals surface area contributed by atoms with Crippen molar-refractivity contribution in [3.8, 4) is 0 Å². The van der Waals surface area contributed by atoms with E-state index in [2.05, 4.69) is 25.1 Å². The molecule has 1 aromatic rings. The minimum atomic E-state index is -1.01. The Labute approximate surface area is 166 Å². The molecule has 2 atom stereocenters. The van der Waals surface area contributed by atoms with Crippen molar-refractivity contribution in [3.05, 3.63) is 29.3 Å². The number of hydrogen-bond acceptors (Lipinski definition) is 6. The first-order valence-corrected chi connectivity index (χ1v) is 10.8. The number of aldehydes is 1. The Morgan fingerprint density at radius 3 is 2.93 bits per heavy atom. The SMILES string of the molecule is CCCCCCc1ccc(N2C[C@H](OC)OC2(C)C=O)cc1C1=NCCS1. The van der Waals surface area contributed by atoms with Gasteiger partial charge in [-0.3, -0.25) is 9.79 Å². The predicted octanol–water partition coefficient (Wildman–Crippen LogP) is 4.03. The average molecular weight is 391 g/mol. The minimum Gasteiger partial charge on any atom is -0.354 e. The van der Waals surface area contributed by atoms with Crippen molar-refractivity contribution in [1.82, 2.24) is 0 Å². The van der Waals surface area contributed by atoms with Crippen LogP contribution in [0.25, 0.3) is 0 Å². The van der Waals surface area contributed by atoms with Crippen LogP contribution >= 0.6 is 11.8 Å². The lowest BCUT2D eigenvalue weighted by molar-refractivity contribution is -0.155. The highest BCUT2D eigenvalue weighted by Crippen LogP contribution is 2.34. The maximum absolute atomic E-state index is 11.7. The number of ether oxygens (including phenoxy) is 2. The number of methoxy groups -OCH3 is 1. The molecule has 0 amide bonds. The van der Waals surface area contributed by atoms with Gasteiger partial charge in [0.25, 0.3) is 0 Å². The number of carbonyl (C=O) groups excluding carboxylic acids is 1. The van der Waals surface area contributed by atoms with Crippen LogP contribution in [0.2, 0.25) is 0 Å². The molecule has 0 aromatic heterocycles. The number of benzene rings is 1. The van der Waals surface area contributed by atoms with E-state index in [1.165, 1.54) is 36.8 Å². The molecule has 1 aromatic carbocycles. The maximum atomic E-state index is 11.7. The fourth-order valence-corrected chi connectivity index (χ4v) is 4.57. The first-order valence-electron chi connectivity index (χ1n) is 9.86. The second-order valence-electron chi connectivity index (χ2n) is 7.25. The van der Waals surface area contributed by atoms with Crippen molar-refractivity contribution in [3.63, 3.8) is 0 Å². The van der Waals surface area contributed by atoms with Crippen LogP contribution in [-0.2, 0) is 20.7 Å². The third kappa shape index (κ3) is 4.55. The van der Waals surface area contributed by atoms with E-state index in [4.69, 9.17) is 14.5 Å². The maximum Gasteiger partial charge on any atom is 0.198 e. The Hall–Kier alpha value is -1.37. The van der Waals surface area contributed by atoms with Gasteiger partial charge in [-0.05, 0) is 37.5 Å². The molecule has 6 heteroatoms. The van der Waals surface area contributed by atoms with E-state index in [0.29, 0.717) is 6.54 Å². The highest BCUT2D eigenvalue weighted by Gasteiger charge is 2.43. The van der Waals surface area contributed by atoms with Gasteiger partial charge in [-0.1, -0.05) is 32.3 Å². The zero-order valence-electron chi connectivity index (χ0n) is 16.6. The topological polar surface area (TPSA) is 51.1 Å². The summed E-state index contributed by atoms with van der Waals surface area (Å²) in [5.74, 6) is 1.04. The second-order valence-corrected chi connectivity index (χ2v) is 8.34. The molecule has 148 valence electrons. The fourth-order valence-electron chi connectivity index (χ4n) is 3.66. The van der Waals surface area contributed by atoms with E-state index in [-0.39, 0.29) is 0 Å². The van der Waals surface area contributed by atoms with Crippen LogP contribution in [0.15, 0.2) is 23.2 Å². The number of aryl methyl sites for hydroxylation is 1. The molecular weight excluding hydrogens is 360 g/mol. The number of thioether (sulfide) groups is 1. The van der Waals surface area contributed by atoms with Gasteiger partial charge in [0, 0.05) is 30.7 Å². The molecular formula is C21H30N2O3S. The summed E-state index contributed by atoms with van der Waals surface area (Å²) < 4.78 is 11.1. The molecule has 0 radical (unpaired) electrons. The van der Waals surface area contributed by atoms with Crippen molar-refractivity contribution in [2.75, 3.05) is 30.9 Å². The minimum absolute atomic E-state index is 0.407. The van der Waals surface area contributed by atoms with Crippen molar-refractivity contribution in [1.29, 1.82) is 0 Å². The number of rotatable bonds is 9. The first kappa shape index (κ1) is 20.4. The summed E-state index contributed by atoms with van der Waals surface area (Å²) in [7, 11) is 1.61. The zero-order valence-corrected chi connectivity index (χ0v) is 17.4. The van der Waals surface area contributed by atoms with E-state index in [1.807, 2.05) is 16.7 Å². The van der Waals surface area contributed by atoms with E-state index in [0.717, 1.165) is 35.7 Å². The van der Waals surface area contributed by atoms with Gasteiger partial charge in [0.15, 0.2) is 18.3 Å². The lowest BCUT2D eigenvalue weighted by atomic mass is 10.00. The van der Waals surface area contributed by atoms with Crippen LogP contribution in [0.1, 0.15) is 50.7 Å². The summed E-state index contributed by atoms with van der Waals surface area (Å²) >= 11 is 1.82. The molecule has 27 heavy (non-hydrogen) atoms. The van der Waals surface area contributed by atoms with E-state index in [9.17, 15) is 4.79 Å². The van der Waals surface area contributed by atoms with Crippen molar-refractivity contribution in [2.45, 2.75) is 58.0 Å². The highest BCUT2D eigenvalue weighted by atomic mass is 32.2. The lowest BCUT2D eigenvalue weighted by Gasteiger charge is -2.30. The first-order chi connectivity index (χ1) is 13.1. The number of anilines is 1. The predicted molar refractivity (Wildman–Crippen MR) is 112 cm³/mol. The van der Waals surface area contributed by atoms with Gasteiger partial charge in [0.05, 0.1) is 11.6 Å². The number of unbranched alkanes of at least 4 members (excludes halogenated alkanes) is 3. The summed E-state index contributed by atoms with van der Waals surface area (Å²) in [4.78, 5) is 18.4. The Balaban J connectivity index is 1.88. The number of nitrogens with zero attached hydrogens (tertiary/aromatic N) is 2. The van der Waals surface area contributed by atoms with Gasteiger partial charge in [0.2, 0.25) is 0 Å². The smallest absolute Gasteiger partial charge is 0.198 e. The van der Waals surface area contributed by atoms with Gasteiger partial charge in [0.1, 0.15) is 0 Å². The molecule has 0 aliphatic carbocycles. The normalized spacial score (nSPS) is 25.1. The van der Waals surface area contributed by atoms with Gasteiger partial charge >= 0.3 is 0 Å². The molecule has 0 bridgehead atoms. The van der Waals surface area contributed by atoms with Gasteiger partial charge in [-0.2, -0.15) is 0 Å². The van der Waals surface area contributed by atoms with Crippen molar-refractivity contribution in [2.24, 2.45) is 4.99 Å². The molecule has 1 fully saturated rings. The largest absolute Gasteiger partial charge is 0.354 e. The number of hydrogen-bond donors (Lipinski definition) is 0. The van der Waals surface area contributed by atoms with Gasteiger partial charge in [-0.25, -0.2) is 0 Å². The van der Waals surface area contributed by atoms with Crippen LogP contribution in [0.4, 0.5) is 5.69 Å². The standard InChI is InChI=1S/C21H30N2O3S/c1-4-5-6-7-8-16-9-10-17(13-18(16)20-22-11-12-27-20)23-14-19(25-3)26-21(23,2)15-24/h9-10,13,15,19H,4-8,11-12,14H2,1-3H3/t19-,21?/m1/s1. The van der Waals surface area contributed by atoms with Gasteiger partial charge < -0.3 is 14.4 Å². The van der Waals surface area contributed by atoms with Crippen LogP contribution in [-0.4, -0.2) is 49.3 Å². The summed E-state index contributed by atoms with van der Waals surface area (Å²) in [6, 6.07) is 6.47. The summed E-state index contributed by atoms with van der Waals surface area (Å²) in [6.45, 7) is 5.43. The Morgan fingerprint density at radius 2 is 2.26 bits per heavy atom. The number of carbonyl (C=O) groups is 1. The third-order valence-corrected chi connectivity index (χ3v) is 6.25. The zero-order chi connectivity index (χ0) is 19.3. The molecule has 2 aliphatic rings. The average Bonchev–Trinajstić information content (AvgIpc) is 3.34. The summed E-state index contributed by atoms with van der Waals surface area (Å²) in [6.07, 6.45) is 6.50. The number of aliphatic imine (C=N–C) groups is 1. The van der Waals surface area contributed by atoms with Crippen LogP contribution in [0.3, 0.4) is 0 Å². The summed E-state index contributed by atoms with van der Waals surface area (Å²) in [5, 5.41) is 1.12. The third-order valence-electron chi connectivity index (χ3n) is 5.24. The van der Waals surface area contributed by atoms with Gasteiger partial charge in [-0.15, -0.1) is 11.8 Å².